The third-order valence-electron chi connectivity index (χ3n) is 4.42. The first-order valence-electron chi connectivity index (χ1n) is 7.75. The van der Waals surface area contributed by atoms with E-state index in [0.29, 0.717) is 12.5 Å². The lowest BCUT2D eigenvalue weighted by atomic mass is 9.98. The number of ether oxygens (including phenoxy) is 2. The molecule has 0 aromatic heterocycles. The molecule has 2 fully saturated rings. The van der Waals surface area contributed by atoms with Gasteiger partial charge in [-0.1, -0.05) is 30.7 Å². The molecule has 0 radical (unpaired) electrons. The lowest BCUT2D eigenvalue weighted by molar-refractivity contribution is -0.0508. The van der Waals surface area contributed by atoms with Gasteiger partial charge in [-0.3, -0.25) is 0 Å². The highest BCUT2D eigenvalue weighted by atomic mass is 35.5. The van der Waals surface area contributed by atoms with E-state index >= 15 is 0 Å². The molecule has 112 valence electrons. The first-order valence-corrected chi connectivity index (χ1v) is 8.29. The predicted molar refractivity (Wildman–Crippen MR) is 84.8 cm³/mol. The summed E-state index contributed by atoms with van der Waals surface area (Å²) in [6.07, 6.45) is 7.64. The van der Waals surface area contributed by atoms with Gasteiger partial charge in [-0.05, 0) is 43.9 Å². The number of hydrogen-bond donors (Lipinski definition) is 0. The van der Waals surface area contributed by atoms with Gasteiger partial charge in [0.25, 0.3) is 0 Å². The van der Waals surface area contributed by atoms with Crippen molar-refractivity contribution in [3.63, 3.8) is 0 Å². The quantitative estimate of drug-likeness (QED) is 0.617. The first-order chi connectivity index (χ1) is 10.3. The number of hydrogen-bond acceptors (Lipinski definition) is 2. The first kappa shape index (κ1) is 14.8. The molecule has 0 amide bonds. The monoisotopic (exact) mass is 304 g/mol. The highest BCUT2D eigenvalue weighted by Gasteiger charge is 2.42. The van der Waals surface area contributed by atoms with Crippen LogP contribution in [0.3, 0.4) is 0 Å². The minimum Gasteiger partial charge on any atom is -0.491 e. The van der Waals surface area contributed by atoms with Crippen LogP contribution in [0.2, 0.25) is 0 Å². The van der Waals surface area contributed by atoms with E-state index in [1.54, 1.807) is 0 Å². The molecule has 21 heavy (non-hydrogen) atoms. The van der Waals surface area contributed by atoms with Crippen molar-refractivity contribution in [1.82, 2.24) is 0 Å². The maximum absolute atomic E-state index is 6.26. The molecule has 1 atom stereocenters. The van der Waals surface area contributed by atoms with Gasteiger partial charge in [0.15, 0.2) is 0 Å². The standard InChI is InChI=1S/C18H21ClO2/c19-12-4-6-15-5-3-7-16(13-15)20-14-17-8-11-18(21-17)9-1-2-10-18/h3,5,7,13,17H,1-2,8-12,14H2. The summed E-state index contributed by atoms with van der Waals surface area (Å²) >= 11 is 5.58. The van der Waals surface area contributed by atoms with Crippen LogP contribution < -0.4 is 4.74 Å². The third kappa shape index (κ3) is 3.73. The third-order valence-corrected chi connectivity index (χ3v) is 4.56. The Balaban J connectivity index is 1.53. The van der Waals surface area contributed by atoms with Crippen molar-refractivity contribution in [2.45, 2.75) is 50.2 Å². The van der Waals surface area contributed by atoms with Crippen LogP contribution in [-0.4, -0.2) is 24.2 Å². The van der Waals surface area contributed by atoms with Gasteiger partial charge in [0.2, 0.25) is 0 Å². The van der Waals surface area contributed by atoms with Gasteiger partial charge in [-0.15, -0.1) is 11.6 Å². The summed E-state index contributed by atoms with van der Waals surface area (Å²) in [5, 5.41) is 0. The average Bonchev–Trinajstić information content (AvgIpc) is 3.14. The normalized spacial score (nSPS) is 23.0. The van der Waals surface area contributed by atoms with Crippen molar-refractivity contribution in [1.29, 1.82) is 0 Å². The van der Waals surface area contributed by atoms with Crippen LogP contribution >= 0.6 is 11.6 Å². The van der Waals surface area contributed by atoms with Crippen LogP contribution in [-0.2, 0) is 4.74 Å². The van der Waals surface area contributed by atoms with Gasteiger partial charge >= 0.3 is 0 Å². The molecule has 2 nitrogen and oxygen atoms in total. The van der Waals surface area contributed by atoms with E-state index in [-0.39, 0.29) is 11.7 Å². The Kier molecular flexibility index (Phi) is 4.73. The van der Waals surface area contributed by atoms with Gasteiger partial charge in [0.05, 0.1) is 17.6 Å². The largest absolute Gasteiger partial charge is 0.491 e. The molecule has 0 bridgehead atoms. The number of benzene rings is 1. The molecule has 1 aromatic rings. The Labute approximate surface area is 131 Å². The molecule has 1 unspecified atom stereocenters. The van der Waals surface area contributed by atoms with E-state index in [9.17, 15) is 0 Å². The number of alkyl halides is 1. The van der Waals surface area contributed by atoms with E-state index < -0.39 is 0 Å². The van der Waals surface area contributed by atoms with Crippen LogP contribution in [0.25, 0.3) is 0 Å². The maximum Gasteiger partial charge on any atom is 0.120 e. The van der Waals surface area contributed by atoms with Gasteiger partial charge in [0.1, 0.15) is 12.4 Å². The number of rotatable bonds is 3. The highest BCUT2D eigenvalue weighted by molar-refractivity contribution is 6.19. The van der Waals surface area contributed by atoms with Crippen molar-refractivity contribution in [3.05, 3.63) is 29.8 Å². The fourth-order valence-electron chi connectivity index (χ4n) is 3.39. The Morgan fingerprint density at radius 2 is 2.14 bits per heavy atom. The lowest BCUT2D eigenvalue weighted by Crippen LogP contribution is -2.27. The van der Waals surface area contributed by atoms with Crippen molar-refractivity contribution in [3.8, 4) is 17.6 Å². The fourth-order valence-corrected chi connectivity index (χ4v) is 3.46. The summed E-state index contributed by atoms with van der Waals surface area (Å²) in [5.74, 6) is 7.07. The Morgan fingerprint density at radius 1 is 1.29 bits per heavy atom. The van der Waals surface area contributed by atoms with Crippen LogP contribution in [0.5, 0.6) is 5.75 Å². The molecule has 1 spiro atoms. The minimum absolute atomic E-state index is 0.182. The Hall–Kier alpha value is -1.17. The molecule has 1 aliphatic heterocycles. The van der Waals surface area contributed by atoms with Crippen LogP contribution in [0.1, 0.15) is 44.1 Å². The molecule has 1 saturated carbocycles. The molecule has 1 saturated heterocycles. The molecular formula is C18H21ClO2. The lowest BCUT2D eigenvalue weighted by Gasteiger charge is -2.23. The Bertz CT molecular complexity index is 538. The van der Waals surface area contributed by atoms with Gasteiger partial charge in [-0.25, -0.2) is 0 Å². The van der Waals surface area contributed by atoms with E-state index in [2.05, 4.69) is 11.8 Å². The summed E-state index contributed by atoms with van der Waals surface area (Å²) in [6, 6.07) is 7.85. The molecule has 0 N–H and O–H groups in total. The van der Waals surface area contributed by atoms with Crippen LogP contribution in [0, 0.1) is 11.8 Å². The SMILES string of the molecule is ClCC#Cc1cccc(OCC2CCC3(CCCC3)O2)c1. The molecule has 1 aromatic carbocycles. The zero-order valence-corrected chi connectivity index (χ0v) is 13.0. The summed E-state index contributed by atoms with van der Waals surface area (Å²) in [7, 11) is 0. The second-order valence-corrected chi connectivity index (χ2v) is 6.21. The summed E-state index contributed by atoms with van der Waals surface area (Å²) in [6.45, 7) is 0.633. The highest BCUT2D eigenvalue weighted by Crippen LogP contribution is 2.43. The summed E-state index contributed by atoms with van der Waals surface area (Å²) < 4.78 is 12.1. The predicted octanol–water partition coefficient (Wildman–Crippen LogP) is 4.15. The zero-order chi connectivity index (χ0) is 14.5. The molecule has 1 heterocycles. The molecule has 2 aliphatic rings. The zero-order valence-electron chi connectivity index (χ0n) is 12.2. The van der Waals surface area contributed by atoms with E-state index in [1.165, 1.54) is 32.1 Å². The Morgan fingerprint density at radius 3 is 2.95 bits per heavy atom. The van der Waals surface area contributed by atoms with E-state index in [4.69, 9.17) is 21.1 Å². The summed E-state index contributed by atoms with van der Waals surface area (Å²) in [4.78, 5) is 0. The molecule has 1 aliphatic carbocycles. The smallest absolute Gasteiger partial charge is 0.120 e. The van der Waals surface area contributed by atoms with Crippen LogP contribution in [0.4, 0.5) is 0 Å². The van der Waals surface area contributed by atoms with Crippen molar-refractivity contribution >= 4 is 11.6 Å². The van der Waals surface area contributed by atoms with Crippen molar-refractivity contribution in [2.75, 3.05) is 12.5 Å². The molecule has 3 rings (SSSR count). The average molecular weight is 305 g/mol. The topological polar surface area (TPSA) is 18.5 Å². The number of halogens is 1. The van der Waals surface area contributed by atoms with Gasteiger partial charge in [0, 0.05) is 5.56 Å². The fraction of sp³-hybridized carbons (Fsp3) is 0.556. The molecule has 3 heteroatoms. The van der Waals surface area contributed by atoms with E-state index in [0.717, 1.165) is 17.7 Å². The van der Waals surface area contributed by atoms with Gasteiger partial charge < -0.3 is 9.47 Å². The van der Waals surface area contributed by atoms with E-state index in [1.807, 2.05) is 24.3 Å². The van der Waals surface area contributed by atoms with Crippen molar-refractivity contribution < 1.29 is 9.47 Å². The maximum atomic E-state index is 6.26. The second-order valence-electron chi connectivity index (χ2n) is 5.94. The summed E-state index contributed by atoms with van der Waals surface area (Å²) in [5.41, 5.74) is 1.12. The molecular weight excluding hydrogens is 284 g/mol. The second kappa shape index (κ2) is 6.73. The minimum atomic E-state index is 0.182. The van der Waals surface area contributed by atoms with Crippen LogP contribution in [0.15, 0.2) is 24.3 Å². The van der Waals surface area contributed by atoms with Gasteiger partial charge in [-0.2, -0.15) is 0 Å². The van der Waals surface area contributed by atoms with Crippen molar-refractivity contribution in [2.24, 2.45) is 0 Å².